The van der Waals surface area contributed by atoms with Crippen LogP contribution in [0.1, 0.15) is 32.3 Å². The monoisotopic (exact) mass is 480 g/mol. The topological polar surface area (TPSA) is 96.7 Å². The van der Waals surface area contributed by atoms with Gasteiger partial charge >= 0.3 is 6.18 Å². The van der Waals surface area contributed by atoms with Crippen LogP contribution in [0.4, 0.5) is 19.0 Å². The zero-order chi connectivity index (χ0) is 24.9. The van der Waals surface area contributed by atoms with Gasteiger partial charge in [0.2, 0.25) is 5.91 Å². The highest BCUT2D eigenvalue weighted by molar-refractivity contribution is 5.99. The number of alkyl halides is 3. The van der Waals surface area contributed by atoms with Crippen molar-refractivity contribution in [1.82, 2.24) is 14.7 Å². The molecule has 34 heavy (non-hydrogen) atoms. The highest BCUT2D eigenvalue weighted by Crippen LogP contribution is 2.32. The predicted molar refractivity (Wildman–Crippen MR) is 118 cm³/mol. The van der Waals surface area contributed by atoms with Gasteiger partial charge in [-0.05, 0) is 37.0 Å². The van der Waals surface area contributed by atoms with Gasteiger partial charge in [-0.2, -0.15) is 18.3 Å². The molecule has 11 heteroatoms. The van der Waals surface area contributed by atoms with Crippen LogP contribution in [0.25, 0.3) is 0 Å². The van der Waals surface area contributed by atoms with Crippen molar-refractivity contribution in [2.75, 3.05) is 18.5 Å². The summed E-state index contributed by atoms with van der Waals surface area (Å²) in [5.41, 5.74) is -0.859. The molecule has 0 aliphatic carbocycles. The van der Waals surface area contributed by atoms with E-state index < -0.39 is 29.6 Å². The second-order valence-electron chi connectivity index (χ2n) is 8.38. The molecule has 1 atom stereocenters. The number of halogens is 3. The molecule has 1 aliphatic rings. The van der Waals surface area contributed by atoms with E-state index in [1.165, 1.54) is 23.1 Å². The smallest absolute Gasteiger partial charge is 0.416 e. The molecule has 0 saturated heterocycles. The van der Waals surface area contributed by atoms with E-state index in [1.54, 1.807) is 16.9 Å². The van der Waals surface area contributed by atoms with Crippen LogP contribution in [0.3, 0.4) is 0 Å². The Bertz CT molecular complexity index is 1050. The number of carbonyl (C=O) groups is 2. The van der Waals surface area contributed by atoms with Crippen LogP contribution in [-0.2, 0) is 22.3 Å². The Labute approximate surface area is 195 Å². The quantitative estimate of drug-likeness (QED) is 0.543. The highest BCUT2D eigenvalue weighted by atomic mass is 19.4. The van der Waals surface area contributed by atoms with E-state index in [2.05, 4.69) is 10.4 Å². The van der Waals surface area contributed by atoms with Crippen molar-refractivity contribution in [2.24, 2.45) is 5.92 Å². The van der Waals surface area contributed by atoms with Gasteiger partial charge in [0.05, 0.1) is 12.1 Å². The predicted octanol–water partition coefficient (Wildman–Crippen LogP) is 3.44. The maximum atomic E-state index is 13.0. The Kier molecular flexibility index (Phi) is 7.98. The van der Waals surface area contributed by atoms with Crippen LogP contribution in [0.2, 0.25) is 0 Å². The molecule has 1 aromatic heterocycles. The van der Waals surface area contributed by atoms with Crippen molar-refractivity contribution in [2.45, 2.75) is 45.5 Å². The first kappa shape index (κ1) is 25.3. The first-order chi connectivity index (χ1) is 16.1. The normalized spacial score (nSPS) is 15.0. The molecule has 184 valence electrons. The lowest BCUT2D eigenvalue weighted by Gasteiger charge is -2.28. The minimum Gasteiger partial charge on any atom is -0.460 e. The zero-order valence-corrected chi connectivity index (χ0v) is 18.9. The van der Waals surface area contributed by atoms with E-state index in [9.17, 15) is 22.8 Å². The number of amides is 2. The van der Waals surface area contributed by atoms with Crippen molar-refractivity contribution >= 4 is 17.6 Å². The Morgan fingerprint density at radius 3 is 2.74 bits per heavy atom. The molecule has 8 nitrogen and oxygen atoms in total. The summed E-state index contributed by atoms with van der Waals surface area (Å²) >= 11 is 0. The molecule has 2 heterocycles. The fourth-order valence-corrected chi connectivity index (χ4v) is 3.54. The number of carbonyl (C=O) groups excluding carboxylic acids is 2. The van der Waals surface area contributed by atoms with Gasteiger partial charge < -0.3 is 20.1 Å². The van der Waals surface area contributed by atoms with Crippen LogP contribution in [-0.4, -0.2) is 50.8 Å². The summed E-state index contributed by atoms with van der Waals surface area (Å²) in [7, 11) is 0. The van der Waals surface area contributed by atoms with Crippen molar-refractivity contribution in [3.8, 4) is 5.75 Å². The minimum absolute atomic E-state index is 0.0208. The molecular weight excluding hydrogens is 453 g/mol. The van der Waals surface area contributed by atoms with E-state index in [4.69, 9.17) is 9.84 Å². The number of aliphatic hydroxyl groups is 1. The second kappa shape index (κ2) is 10.7. The Balaban J connectivity index is 1.69. The number of nitrogens with one attached hydrogen (secondary N) is 1. The molecule has 0 unspecified atom stereocenters. The van der Waals surface area contributed by atoms with Crippen LogP contribution in [0, 0.1) is 5.92 Å². The van der Waals surface area contributed by atoms with E-state index in [0.29, 0.717) is 25.2 Å². The maximum absolute atomic E-state index is 13.0. The van der Waals surface area contributed by atoms with E-state index in [-0.39, 0.29) is 30.6 Å². The summed E-state index contributed by atoms with van der Waals surface area (Å²) in [5.74, 6) is -0.386. The fraction of sp³-hybridized carbons (Fsp3) is 0.435. The Hall–Kier alpha value is -3.34. The lowest BCUT2D eigenvalue weighted by atomic mass is 10.0. The molecule has 1 aromatic carbocycles. The van der Waals surface area contributed by atoms with Crippen LogP contribution >= 0.6 is 0 Å². The van der Waals surface area contributed by atoms with Crippen LogP contribution in [0.5, 0.6) is 5.75 Å². The third-order valence-electron chi connectivity index (χ3n) is 5.11. The fourth-order valence-electron chi connectivity index (χ4n) is 3.54. The highest BCUT2D eigenvalue weighted by Gasteiger charge is 2.35. The molecule has 0 spiro atoms. The van der Waals surface area contributed by atoms with E-state index in [0.717, 1.165) is 12.1 Å². The standard InChI is InChI=1S/C23H27F3N4O4/c1-15(2)11-19(22(33)27-20-7-9-29(28-20)8-4-10-31)30-14-18(13-21(30)32)34-17-6-3-5-16(12-17)23(24,25)26/h3,5-7,9,12-13,15,19,31H,4,8,10-11,14H2,1-2H3,(H,27,28,33)/t19-/m0/s1. The number of nitrogens with zero attached hydrogens (tertiary/aromatic N) is 3. The van der Waals surface area contributed by atoms with Crippen molar-refractivity contribution in [3.05, 3.63) is 53.9 Å². The summed E-state index contributed by atoms with van der Waals surface area (Å²) < 4.78 is 46.0. The lowest BCUT2D eigenvalue weighted by molar-refractivity contribution is -0.137. The van der Waals surface area contributed by atoms with Gasteiger partial charge in [0.15, 0.2) is 5.82 Å². The van der Waals surface area contributed by atoms with Gasteiger partial charge in [-0.25, -0.2) is 0 Å². The number of hydrogen-bond acceptors (Lipinski definition) is 5. The first-order valence-electron chi connectivity index (χ1n) is 10.9. The van der Waals surface area contributed by atoms with Gasteiger partial charge in [0.25, 0.3) is 5.91 Å². The zero-order valence-electron chi connectivity index (χ0n) is 18.9. The molecule has 2 amide bonds. The van der Waals surface area contributed by atoms with Gasteiger partial charge in [-0.15, -0.1) is 0 Å². The lowest BCUT2D eigenvalue weighted by Crippen LogP contribution is -2.46. The molecule has 0 saturated carbocycles. The number of anilines is 1. The third kappa shape index (κ3) is 6.60. The number of aliphatic hydroxyl groups excluding tert-OH is 1. The molecule has 0 bridgehead atoms. The van der Waals surface area contributed by atoms with Gasteiger partial charge in [0.1, 0.15) is 17.6 Å². The Morgan fingerprint density at radius 1 is 1.29 bits per heavy atom. The molecule has 1 aliphatic heterocycles. The van der Waals surface area contributed by atoms with E-state index in [1.807, 2.05) is 13.8 Å². The maximum Gasteiger partial charge on any atom is 0.416 e. The third-order valence-corrected chi connectivity index (χ3v) is 5.11. The van der Waals surface area contributed by atoms with Gasteiger partial charge in [0, 0.05) is 31.5 Å². The minimum atomic E-state index is -4.52. The number of benzene rings is 1. The first-order valence-corrected chi connectivity index (χ1v) is 10.9. The number of hydrogen-bond donors (Lipinski definition) is 2. The van der Waals surface area contributed by atoms with Crippen LogP contribution in [0.15, 0.2) is 48.4 Å². The average molecular weight is 480 g/mol. The molecule has 0 radical (unpaired) electrons. The average Bonchev–Trinajstić information content (AvgIpc) is 3.35. The molecule has 2 aromatic rings. The number of aryl methyl sites for hydroxylation is 1. The second-order valence-corrected chi connectivity index (χ2v) is 8.38. The summed E-state index contributed by atoms with van der Waals surface area (Å²) in [6, 6.07) is 5.18. The summed E-state index contributed by atoms with van der Waals surface area (Å²) in [5, 5.41) is 15.9. The summed E-state index contributed by atoms with van der Waals surface area (Å²) in [4.78, 5) is 27.0. The number of rotatable bonds is 10. The van der Waals surface area contributed by atoms with Gasteiger partial charge in [-0.3, -0.25) is 14.3 Å². The van der Waals surface area contributed by atoms with Gasteiger partial charge in [-0.1, -0.05) is 19.9 Å². The molecule has 0 fully saturated rings. The molecular formula is C23H27F3N4O4. The molecule has 2 N–H and O–H groups in total. The Morgan fingerprint density at radius 2 is 2.06 bits per heavy atom. The van der Waals surface area contributed by atoms with Crippen LogP contribution < -0.4 is 10.1 Å². The van der Waals surface area contributed by atoms with Crippen molar-refractivity contribution < 1.29 is 32.6 Å². The number of aromatic nitrogens is 2. The van der Waals surface area contributed by atoms with E-state index >= 15 is 0 Å². The SMILES string of the molecule is CC(C)C[C@@H](C(=O)Nc1ccn(CCCO)n1)N1CC(Oc2cccc(C(F)(F)F)c2)=CC1=O. The van der Waals surface area contributed by atoms with Crippen molar-refractivity contribution in [1.29, 1.82) is 0 Å². The number of ether oxygens (including phenoxy) is 1. The molecule has 3 rings (SSSR count). The largest absolute Gasteiger partial charge is 0.460 e. The van der Waals surface area contributed by atoms with Crippen molar-refractivity contribution in [3.63, 3.8) is 0 Å². The summed E-state index contributed by atoms with van der Waals surface area (Å²) in [6.07, 6.45) is -0.769. The summed E-state index contributed by atoms with van der Waals surface area (Å²) in [6.45, 7) is 4.29.